The van der Waals surface area contributed by atoms with Gasteiger partial charge in [-0.25, -0.2) is 9.36 Å². The van der Waals surface area contributed by atoms with Gasteiger partial charge in [-0.15, -0.1) is 5.10 Å². The van der Waals surface area contributed by atoms with Crippen LogP contribution in [0, 0.1) is 0 Å². The number of piperazine rings is 1. The number of benzene rings is 1. The van der Waals surface area contributed by atoms with Crippen LogP contribution in [0.25, 0.3) is 16.7 Å². The zero-order chi connectivity index (χ0) is 22.8. The lowest BCUT2D eigenvalue weighted by Crippen LogP contribution is -2.49. The van der Waals surface area contributed by atoms with E-state index in [9.17, 15) is 14.4 Å². The Bertz CT molecular complexity index is 1400. The molecule has 1 amide bonds. The van der Waals surface area contributed by atoms with Crippen LogP contribution in [0.2, 0.25) is 0 Å². The van der Waals surface area contributed by atoms with Gasteiger partial charge in [0.15, 0.2) is 5.82 Å². The van der Waals surface area contributed by atoms with Crippen LogP contribution in [-0.2, 0) is 6.54 Å². The predicted octanol–water partition coefficient (Wildman–Crippen LogP) is 0.728. The Kier molecular flexibility index (Phi) is 5.57. The molecule has 168 valence electrons. The topological polar surface area (TPSA) is 109 Å². The van der Waals surface area contributed by atoms with Crippen LogP contribution < -0.4 is 11.1 Å². The minimum absolute atomic E-state index is 0.137. The van der Waals surface area contributed by atoms with Crippen molar-refractivity contribution in [2.75, 3.05) is 32.7 Å². The lowest BCUT2D eigenvalue weighted by molar-refractivity contribution is 0.0633. The van der Waals surface area contributed by atoms with E-state index >= 15 is 0 Å². The molecule has 4 heterocycles. The van der Waals surface area contributed by atoms with Crippen molar-refractivity contribution in [3.8, 4) is 5.82 Å². The molecular formula is C23H23N7O3. The molecule has 0 bridgehead atoms. The lowest BCUT2D eigenvalue weighted by Gasteiger charge is -2.34. The standard InChI is InChI=1S/C23H23N7O3/c31-21-16-18(17-4-1-2-5-19(17)25-21)23(33)28-13-10-27(11-14-28)12-15-30-22(32)7-6-20(26-30)29-9-3-8-24-29/h1-9,16H,10-15H2,(H,25,31). The molecule has 0 aliphatic carbocycles. The SMILES string of the molecule is O=C(c1cc(=O)[nH]c2ccccc12)N1CCN(CCn2nc(-n3cccn3)ccc2=O)CC1. The Balaban J connectivity index is 1.23. The molecule has 10 nitrogen and oxygen atoms in total. The maximum Gasteiger partial charge on any atom is 0.266 e. The van der Waals surface area contributed by atoms with Crippen LogP contribution in [0.3, 0.4) is 0 Å². The number of H-pyrrole nitrogens is 1. The molecule has 0 atom stereocenters. The van der Waals surface area contributed by atoms with E-state index in [0.29, 0.717) is 56.2 Å². The summed E-state index contributed by atoms with van der Waals surface area (Å²) in [5.74, 6) is 0.446. The van der Waals surface area contributed by atoms with Crippen LogP contribution in [0.5, 0.6) is 0 Å². The zero-order valence-corrected chi connectivity index (χ0v) is 17.9. The van der Waals surface area contributed by atoms with Crippen LogP contribution in [0.4, 0.5) is 0 Å². The Hall–Kier alpha value is -4.05. The third-order valence-corrected chi connectivity index (χ3v) is 5.86. The van der Waals surface area contributed by atoms with Crippen molar-refractivity contribution >= 4 is 16.8 Å². The second-order valence-corrected chi connectivity index (χ2v) is 7.93. The molecule has 4 aromatic rings. The molecule has 0 unspecified atom stereocenters. The Morgan fingerprint density at radius 2 is 1.79 bits per heavy atom. The molecule has 1 fully saturated rings. The van der Waals surface area contributed by atoms with Crippen molar-refractivity contribution in [3.63, 3.8) is 0 Å². The number of hydrogen-bond acceptors (Lipinski definition) is 6. The average Bonchev–Trinajstić information content (AvgIpc) is 3.38. The normalized spacial score (nSPS) is 14.6. The fraction of sp³-hybridized carbons (Fsp3) is 0.261. The monoisotopic (exact) mass is 445 g/mol. The maximum atomic E-state index is 13.1. The second-order valence-electron chi connectivity index (χ2n) is 7.93. The van der Waals surface area contributed by atoms with Crippen molar-refractivity contribution in [1.82, 2.24) is 34.3 Å². The largest absolute Gasteiger partial charge is 0.336 e. The minimum atomic E-state index is -0.286. The summed E-state index contributed by atoms with van der Waals surface area (Å²) in [5, 5.41) is 9.29. The number of rotatable bonds is 5. The first kappa shape index (κ1) is 20.8. The quantitative estimate of drug-likeness (QED) is 0.485. The molecular weight excluding hydrogens is 422 g/mol. The number of carbonyl (C=O) groups excluding carboxylic acids is 1. The lowest BCUT2D eigenvalue weighted by atomic mass is 10.1. The highest BCUT2D eigenvalue weighted by molar-refractivity contribution is 6.05. The van der Waals surface area contributed by atoms with Gasteiger partial charge in [0.2, 0.25) is 5.56 Å². The molecule has 0 radical (unpaired) electrons. The highest BCUT2D eigenvalue weighted by Crippen LogP contribution is 2.17. The Morgan fingerprint density at radius 3 is 2.58 bits per heavy atom. The molecule has 1 saturated heterocycles. The van der Waals surface area contributed by atoms with Gasteiger partial charge in [0.05, 0.1) is 12.1 Å². The molecule has 0 saturated carbocycles. The van der Waals surface area contributed by atoms with E-state index in [0.717, 1.165) is 5.39 Å². The van der Waals surface area contributed by atoms with E-state index in [1.165, 1.54) is 16.8 Å². The number of nitrogens with zero attached hydrogens (tertiary/aromatic N) is 6. The van der Waals surface area contributed by atoms with Gasteiger partial charge in [0.25, 0.3) is 11.5 Å². The van der Waals surface area contributed by atoms with Crippen molar-refractivity contribution in [3.05, 3.63) is 87.2 Å². The van der Waals surface area contributed by atoms with Gasteiger partial charge in [0, 0.05) is 68.2 Å². The van der Waals surface area contributed by atoms with Gasteiger partial charge in [0.1, 0.15) is 0 Å². The van der Waals surface area contributed by atoms with Gasteiger partial charge >= 0.3 is 0 Å². The highest BCUT2D eigenvalue weighted by Gasteiger charge is 2.24. The van der Waals surface area contributed by atoms with Crippen molar-refractivity contribution in [2.24, 2.45) is 0 Å². The van der Waals surface area contributed by atoms with E-state index in [4.69, 9.17) is 0 Å². The molecule has 1 aromatic carbocycles. The second kappa shape index (κ2) is 8.83. The average molecular weight is 445 g/mol. The number of hydrogen-bond donors (Lipinski definition) is 1. The van der Waals surface area contributed by atoms with Crippen LogP contribution >= 0.6 is 0 Å². The summed E-state index contributed by atoms with van der Waals surface area (Å²) in [6.07, 6.45) is 3.43. The minimum Gasteiger partial charge on any atom is -0.336 e. The summed E-state index contributed by atoms with van der Waals surface area (Å²) in [5.41, 5.74) is 0.628. The van der Waals surface area contributed by atoms with Crippen molar-refractivity contribution in [2.45, 2.75) is 6.54 Å². The van der Waals surface area contributed by atoms with E-state index in [1.807, 2.05) is 18.2 Å². The molecule has 5 rings (SSSR count). The maximum absolute atomic E-state index is 13.1. The van der Waals surface area contributed by atoms with E-state index in [1.54, 1.807) is 40.2 Å². The van der Waals surface area contributed by atoms with Crippen LogP contribution in [-0.4, -0.2) is 73.0 Å². The van der Waals surface area contributed by atoms with Gasteiger partial charge in [-0.05, 0) is 18.2 Å². The first-order valence-electron chi connectivity index (χ1n) is 10.8. The zero-order valence-electron chi connectivity index (χ0n) is 17.9. The van der Waals surface area contributed by atoms with Crippen molar-refractivity contribution < 1.29 is 4.79 Å². The summed E-state index contributed by atoms with van der Waals surface area (Å²) < 4.78 is 3.05. The third kappa shape index (κ3) is 4.33. The predicted molar refractivity (Wildman–Crippen MR) is 123 cm³/mol. The van der Waals surface area contributed by atoms with Gasteiger partial charge in [-0.2, -0.15) is 5.10 Å². The summed E-state index contributed by atoms with van der Waals surface area (Å²) in [7, 11) is 0. The first-order valence-corrected chi connectivity index (χ1v) is 10.8. The number of amides is 1. The third-order valence-electron chi connectivity index (χ3n) is 5.86. The first-order chi connectivity index (χ1) is 16.1. The number of aromatic amines is 1. The number of para-hydroxylation sites is 1. The molecule has 3 aromatic heterocycles. The summed E-state index contributed by atoms with van der Waals surface area (Å²) in [6.45, 7) is 3.55. The fourth-order valence-electron chi connectivity index (χ4n) is 4.09. The van der Waals surface area contributed by atoms with Crippen molar-refractivity contribution in [1.29, 1.82) is 0 Å². The van der Waals surface area contributed by atoms with E-state index < -0.39 is 0 Å². The molecule has 33 heavy (non-hydrogen) atoms. The van der Waals surface area contributed by atoms with Gasteiger partial charge in [-0.1, -0.05) is 18.2 Å². The summed E-state index contributed by atoms with van der Waals surface area (Å²) >= 11 is 0. The molecule has 1 aliphatic heterocycles. The van der Waals surface area contributed by atoms with E-state index in [2.05, 4.69) is 20.1 Å². The number of nitrogens with one attached hydrogen (secondary N) is 1. The number of aromatic nitrogens is 5. The number of carbonyl (C=O) groups is 1. The van der Waals surface area contributed by atoms with Crippen LogP contribution in [0.15, 0.2) is 70.5 Å². The van der Waals surface area contributed by atoms with Gasteiger partial charge < -0.3 is 9.88 Å². The molecule has 0 spiro atoms. The molecule has 10 heteroatoms. The van der Waals surface area contributed by atoms with Gasteiger partial charge in [-0.3, -0.25) is 19.3 Å². The smallest absolute Gasteiger partial charge is 0.266 e. The Morgan fingerprint density at radius 1 is 0.970 bits per heavy atom. The number of fused-ring (bicyclic) bond motifs is 1. The van der Waals surface area contributed by atoms with E-state index in [-0.39, 0.29) is 17.0 Å². The fourth-order valence-corrected chi connectivity index (χ4v) is 4.09. The van der Waals surface area contributed by atoms with Crippen LogP contribution in [0.1, 0.15) is 10.4 Å². The summed E-state index contributed by atoms with van der Waals surface area (Å²) in [4.78, 5) is 44.1. The summed E-state index contributed by atoms with van der Waals surface area (Å²) in [6, 6.07) is 13.6. The molecule has 1 N–H and O–H groups in total. The highest BCUT2D eigenvalue weighted by atomic mass is 16.2. The molecule has 1 aliphatic rings. The number of pyridine rings is 1. The Labute approximate surface area is 188 Å².